The van der Waals surface area contributed by atoms with Crippen LogP contribution < -0.4 is 5.32 Å². The fourth-order valence-electron chi connectivity index (χ4n) is 9.18. The molecule has 4 saturated carbocycles. The zero-order valence-corrected chi connectivity index (χ0v) is 21.4. The number of unbranched alkanes of at least 4 members (excludes halogenated alkanes) is 1. The lowest BCUT2D eigenvalue weighted by Gasteiger charge is -2.63. The number of amides is 1. The Balaban J connectivity index is 1.47. The van der Waals surface area contributed by atoms with Crippen molar-refractivity contribution in [3.8, 4) is 0 Å². The fourth-order valence-corrected chi connectivity index (χ4v) is 9.18. The summed E-state index contributed by atoms with van der Waals surface area (Å²) in [4.78, 5) is 12.3. The van der Waals surface area contributed by atoms with Crippen LogP contribution in [0.25, 0.3) is 0 Å². The summed E-state index contributed by atoms with van der Waals surface area (Å²) < 4.78 is 0. The highest BCUT2D eigenvalue weighted by Gasteiger charge is 2.65. The summed E-state index contributed by atoms with van der Waals surface area (Å²) in [5.74, 6) is 2.23. The molecular formula is C28H49NO4. The van der Waals surface area contributed by atoms with E-state index in [1.54, 1.807) is 0 Å². The van der Waals surface area contributed by atoms with Crippen LogP contribution in [0.3, 0.4) is 0 Å². The van der Waals surface area contributed by atoms with Crippen molar-refractivity contribution in [2.75, 3.05) is 6.54 Å². The zero-order valence-electron chi connectivity index (χ0n) is 21.4. The average Bonchev–Trinajstić information content (AvgIpc) is 3.13. The second-order valence-electron chi connectivity index (χ2n) is 12.7. The number of rotatable bonds is 7. The van der Waals surface area contributed by atoms with Gasteiger partial charge < -0.3 is 20.6 Å². The number of carbonyl (C=O) groups excluding carboxylic acids is 1. The summed E-state index contributed by atoms with van der Waals surface area (Å²) in [5, 5.41) is 36.3. The Hall–Kier alpha value is -0.650. The number of nitrogens with one attached hydrogen (secondary N) is 1. The third kappa shape index (κ3) is 4.40. The van der Waals surface area contributed by atoms with E-state index in [1.807, 2.05) is 0 Å². The van der Waals surface area contributed by atoms with E-state index in [1.165, 1.54) is 0 Å². The number of hydrogen-bond acceptors (Lipinski definition) is 4. The first-order valence-corrected chi connectivity index (χ1v) is 13.9. The van der Waals surface area contributed by atoms with Gasteiger partial charge in [0.1, 0.15) is 0 Å². The van der Waals surface area contributed by atoms with Gasteiger partial charge in [-0.2, -0.15) is 0 Å². The van der Waals surface area contributed by atoms with Crippen LogP contribution in [0.1, 0.15) is 98.3 Å². The molecule has 4 rings (SSSR count). The molecule has 0 saturated heterocycles. The largest absolute Gasteiger partial charge is 0.393 e. The average molecular weight is 464 g/mol. The highest BCUT2D eigenvalue weighted by Crippen LogP contribution is 2.68. The van der Waals surface area contributed by atoms with Crippen LogP contribution in [0.2, 0.25) is 0 Å². The fraction of sp³-hybridized carbons (Fsp3) is 0.964. The van der Waals surface area contributed by atoms with E-state index in [9.17, 15) is 20.1 Å². The van der Waals surface area contributed by atoms with E-state index in [0.717, 1.165) is 70.8 Å². The third-order valence-corrected chi connectivity index (χ3v) is 11.2. The van der Waals surface area contributed by atoms with Crippen molar-refractivity contribution in [1.82, 2.24) is 5.32 Å². The van der Waals surface area contributed by atoms with Crippen LogP contribution in [0.5, 0.6) is 0 Å². The number of fused-ring (bicyclic) bond motifs is 5. The monoisotopic (exact) mass is 463 g/mol. The maximum absolute atomic E-state index is 12.3. The van der Waals surface area contributed by atoms with Gasteiger partial charge in [-0.25, -0.2) is 0 Å². The molecule has 4 fully saturated rings. The standard InChI is InChI=1S/C28H49NO4/c1-5-6-13-29-25(33)10-7-17(2)20-8-9-21-26-22(16-24(32)28(20,21)4)27(3)12-11-19(30)14-18(27)15-23(26)31/h17-24,26,30-32H,5-16H2,1-4H3,(H,29,33)/t17-,18+,19-,20-,21+,22+,23-,24+,26+,27+,28-/m1/s1. The van der Waals surface area contributed by atoms with Crippen LogP contribution in [0.4, 0.5) is 0 Å². The lowest BCUT2D eigenvalue weighted by molar-refractivity contribution is -0.207. The number of hydrogen-bond donors (Lipinski definition) is 4. The second-order valence-corrected chi connectivity index (χ2v) is 12.7. The summed E-state index contributed by atoms with van der Waals surface area (Å²) in [5.41, 5.74) is -0.0661. The van der Waals surface area contributed by atoms with E-state index < -0.39 is 0 Å². The predicted molar refractivity (Wildman–Crippen MR) is 130 cm³/mol. The maximum Gasteiger partial charge on any atom is 0.220 e. The van der Waals surface area contributed by atoms with Gasteiger partial charge in [-0.15, -0.1) is 0 Å². The van der Waals surface area contributed by atoms with Gasteiger partial charge in [-0.1, -0.05) is 34.1 Å². The molecule has 0 aromatic heterocycles. The van der Waals surface area contributed by atoms with Crippen LogP contribution in [0, 0.1) is 46.3 Å². The number of aliphatic hydroxyl groups excluding tert-OH is 3. The summed E-state index contributed by atoms with van der Waals surface area (Å²) in [6.07, 6.45) is 9.04. The van der Waals surface area contributed by atoms with Crippen molar-refractivity contribution < 1.29 is 20.1 Å². The lowest BCUT2D eigenvalue weighted by atomic mass is 9.43. The Bertz CT molecular complexity index is 699. The topological polar surface area (TPSA) is 89.8 Å². The Morgan fingerprint density at radius 3 is 2.55 bits per heavy atom. The minimum atomic E-state index is -0.355. The van der Waals surface area contributed by atoms with Gasteiger partial charge in [0.05, 0.1) is 18.3 Å². The van der Waals surface area contributed by atoms with E-state index in [2.05, 4.69) is 33.0 Å². The van der Waals surface area contributed by atoms with Gasteiger partial charge in [0, 0.05) is 13.0 Å². The quantitative estimate of drug-likeness (QED) is 0.424. The summed E-state index contributed by atoms with van der Waals surface area (Å²) >= 11 is 0. The van der Waals surface area contributed by atoms with Crippen LogP contribution in [-0.4, -0.2) is 46.1 Å². The van der Waals surface area contributed by atoms with Crippen molar-refractivity contribution in [3.05, 3.63) is 0 Å². The molecule has 5 nitrogen and oxygen atoms in total. The van der Waals surface area contributed by atoms with Crippen LogP contribution in [-0.2, 0) is 4.79 Å². The van der Waals surface area contributed by atoms with Crippen molar-refractivity contribution in [2.24, 2.45) is 46.3 Å². The molecule has 1 amide bonds. The molecule has 0 aromatic carbocycles. The molecule has 190 valence electrons. The van der Waals surface area contributed by atoms with Gasteiger partial charge in [-0.05, 0) is 104 Å². The first-order chi connectivity index (χ1) is 15.6. The second kappa shape index (κ2) is 9.78. The molecule has 0 unspecified atom stereocenters. The summed E-state index contributed by atoms with van der Waals surface area (Å²) in [6, 6.07) is 0. The van der Waals surface area contributed by atoms with E-state index >= 15 is 0 Å². The Kier molecular flexibility index (Phi) is 7.54. The molecule has 5 heteroatoms. The Morgan fingerprint density at radius 1 is 1.06 bits per heavy atom. The van der Waals surface area contributed by atoms with Crippen molar-refractivity contribution in [3.63, 3.8) is 0 Å². The normalized spacial score (nSPS) is 47.8. The van der Waals surface area contributed by atoms with E-state index in [4.69, 9.17) is 0 Å². The minimum Gasteiger partial charge on any atom is -0.393 e. The number of carbonyl (C=O) groups is 1. The van der Waals surface area contributed by atoms with Gasteiger partial charge in [0.2, 0.25) is 5.91 Å². The van der Waals surface area contributed by atoms with E-state index in [-0.39, 0.29) is 41.0 Å². The van der Waals surface area contributed by atoms with Crippen molar-refractivity contribution >= 4 is 5.91 Å². The molecular weight excluding hydrogens is 414 g/mol. The lowest BCUT2D eigenvalue weighted by Crippen LogP contribution is -2.62. The first-order valence-electron chi connectivity index (χ1n) is 13.9. The molecule has 0 radical (unpaired) electrons. The Labute approximate surface area is 201 Å². The molecule has 0 aromatic rings. The highest BCUT2D eigenvalue weighted by molar-refractivity contribution is 5.75. The molecule has 4 N–H and O–H groups in total. The highest BCUT2D eigenvalue weighted by atomic mass is 16.3. The Morgan fingerprint density at radius 2 is 1.82 bits per heavy atom. The molecule has 0 spiro atoms. The molecule has 4 aliphatic carbocycles. The van der Waals surface area contributed by atoms with E-state index in [0.29, 0.717) is 36.0 Å². The van der Waals surface area contributed by atoms with Gasteiger partial charge in [-0.3, -0.25) is 4.79 Å². The molecule has 0 aliphatic heterocycles. The molecule has 0 bridgehead atoms. The smallest absolute Gasteiger partial charge is 0.220 e. The molecule has 33 heavy (non-hydrogen) atoms. The molecule has 11 atom stereocenters. The zero-order chi connectivity index (χ0) is 24.0. The minimum absolute atomic E-state index is 0.117. The third-order valence-electron chi connectivity index (χ3n) is 11.2. The van der Waals surface area contributed by atoms with Crippen LogP contribution in [0.15, 0.2) is 0 Å². The molecule has 4 aliphatic rings. The van der Waals surface area contributed by atoms with Gasteiger partial charge >= 0.3 is 0 Å². The van der Waals surface area contributed by atoms with Crippen molar-refractivity contribution in [2.45, 2.75) is 117 Å². The predicted octanol–water partition coefficient (Wildman–Crippen LogP) is 4.28. The number of aliphatic hydroxyl groups is 3. The first kappa shape index (κ1) is 25.4. The maximum atomic E-state index is 12.3. The van der Waals surface area contributed by atoms with Gasteiger partial charge in [0.15, 0.2) is 0 Å². The summed E-state index contributed by atoms with van der Waals surface area (Å²) in [7, 11) is 0. The van der Waals surface area contributed by atoms with Crippen molar-refractivity contribution in [1.29, 1.82) is 0 Å². The van der Waals surface area contributed by atoms with Gasteiger partial charge in [0.25, 0.3) is 0 Å². The van der Waals surface area contributed by atoms with Crippen LogP contribution >= 0.6 is 0 Å². The summed E-state index contributed by atoms with van der Waals surface area (Å²) in [6.45, 7) is 9.85. The molecule has 0 heterocycles. The SMILES string of the molecule is CCCCNC(=O)CC[C@@H](C)[C@H]1CC[C@H]2[C@@H]3[C@H](O)C[C@@H]4C[C@H](O)CC[C@]4(C)[C@H]3C[C@H](O)[C@]12C.